The van der Waals surface area contributed by atoms with Gasteiger partial charge >= 0.3 is 0 Å². The molecule has 4 heteroatoms. The molecule has 0 amide bonds. The van der Waals surface area contributed by atoms with Gasteiger partial charge in [0.05, 0.1) is 0 Å². The van der Waals surface area contributed by atoms with Gasteiger partial charge in [-0.25, -0.2) is 8.78 Å². The van der Waals surface area contributed by atoms with Crippen LogP contribution < -0.4 is 5.32 Å². The zero-order chi connectivity index (χ0) is 13.9. The minimum atomic E-state index is -2.44. The molecule has 0 heterocycles. The predicted molar refractivity (Wildman–Crippen MR) is 77.6 cm³/mol. The minimum Gasteiger partial charge on any atom is -0.316 e. The van der Waals surface area contributed by atoms with E-state index in [2.05, 4.69) is 33.4 Å². The number of likely N-dealkylation sites (N-methyl/N-ethyl adjacent to an activating group) is 1. The molecule has 1 unspecified atom stereocenters. The van der Waals surface area contributed by atoms with Crippen molar-refractivity contribution >= 4 is 15.9 Å². The van der Waals surface area contributed by atoms with Crippen LogP contribution in [0.5, 0.6) is 0 Å². The van der Waals surface area contributed by atoms with Crippen molar-refractivity contribution in [1.29, 1.82) is 0 Å². The summed E-state index contributed by atoms with van der Waals surface area (Å²) >= 11 is 3.47. The molecule has 19 heavy (non-hydrogen) atoms. The molecule has 0 aromatic heterocycles. The minimum absolute atomic E-state index is 0.0360. The largest absolute Gasteiger partial charge is 0.316 e. The highest BCUT2D eigenvalue weighted by atomic mass is 79.9. The van der Waals surface area contributed by atoms with Crippen LogP contribution in [-0.4, -0.2) is 19.0 Å². The van der Waals surface area contributed by atoms with E-state index in [1.165, 1.54) is 5.56 Å². The molecular formula is C15H20BrF2N. The first-order valence-corrected chi connectivity index (χ1v) is 7.59. The zero-order valence-corrected chi connectivity index (χ0v) is 12.7. The van der Waals surface area contributed by atoms with Gasteiger partial charge in [-0.2, -0.15) is 0 Å². The van der Waals surface area contributed by atoms with Crippen LogP contribution in [0.1, 0.15) is 31.2 Å². The summed E-state index contributed by atoms with van der Waals surface area (Å²) in [4.78, 5) is 0. The van der Waals surface area contributed by atoms with Crippen LogP contribution in [0.15, 0.2) is 28.7 Å². The second kappa shape index (κ2) is 6.31. The number of alkyl halides is 2. The second-order valence-corrected chi connectivity index (χ2v) is 6.34. The third kappa shape index (κ3) is 4.25. The van der Waals surface area contributed by atoms with Crippen molar-refractivity contribution in [2.45, 2.75) is 44.1 Å². The summed E-state index contributed by atoms with van der Waals surface area (Å²) in [5, 5.41) is 3.31. The van der Waals surface area contributed by atoms with Gasteiger partial charge in [0.1, 0.15) is 0 Å². The van der Waals surface area contributed by atoms with E-state index in [0.717, 1.165) is 10.9 Å². The summed E-state index contributed by atoms with van der Waals surface area (Å²) in [6.45, 7) is 0. The molecule has 0 spiro atoms. The smallest absolute Gasteiger partial charge is 0.248 e. The highest BCUT2D eigenvalue weighted by Crippen LogP contribution is 2.38. The van der Waals surface area contributed by atoms with E-state index in [1.807, 2.05) is 19.2 Å². The Bertz CT molecular complexity index is 412. The molecule has 1 aromatic carbocycles. The van der Waals surface area contributed by atoms with Gasteiger partial charge in [0, 0.05) is 23.4 Å². The molecule has 0 bridgehead atoms. The Morgan fingerprint density at radius 2 is 2.05 bits per heavy atom. The van der Waals surface area contributed by atoms with Gasteiger partial charge < -0.3 is 5.32 Å². The first kappa shape index (κ1) is 14.9. The number of nitrogens with one attached hydrogen (secondary N) is 1. The van der Waals surface area contributed by atoms with Crippen molar-refractivity contribution in [3.8, 4) is 0 Å². The lowest BCUT2D eigenvalue weighted by atomic mass is 9.80. The Kier molecular flexibility index (Phi) is 4.96. The Hall–Kier alpha value is -0.480. The van der Waals surface area contributed by atoms with Gasteiger partial charge in [0.15, 0.2) is 0 Å². The van der Waals surface area contributed by atoms with Crippen molar-refractivity contribution in [2.75, 3.05) is 7.05 Å². The summed E-state index contributed by atoms with van der Waals surface area (Å²) in [6.07, 6.45) is 2.20. The van der Waals surface area contributed by atoms with Crippen molar-refractivity contribution in [3.05, 3.63) is 34.3 Å². The molecule has 0 radical (unpaired) electrons. The van der Waals surface area contributed by atoms with Gasteiger partial charge in [-0.3, -0.25) is 0 Å². The molecule has 1 aromatic rings. The van der Waals surface area contributed by atoms with Crippen LogP contribution in [-0.2, 0) is 6.42 Å². The molecule has 1 saturated carbocycles. The van der Waals surface area contributed by atoms with Crippen LogP contribution >= 0.6 is 15.9 Å². The average molecular weight is 332 g/mol. The Morgan fingerprint density at radius 1 is 1.37 bits per heavy atom. The molecule has 1 aliphatic carbocycles. The van der Waals surface area contributed by atoms with E-state index in [1.54, 1.807) is 0 Å². The van der Waals surface area contributed by atoms with Crippen LogP contribution in [0, 0.1) is 5.92 Å². The molecule has 1 aliphatic rings. The second-order valence-electron chi connectivity index (χ2n) is 5.42. The lowest BCUT2D eigenvalue weighted by Crippen LogP contribution is -2.39. The Balaban J connectivity index is 1.97. The molecule has 106 valence electrons. The lowest BCUT2D eigenvalue weighted by molar-refractivity contribution is -0.0492. The van der Waals surface area contributed by atoms with Crippen LogP contribution in [0.3, 0.4) is 0 Å². The maximum absolute atomic E-state index is 13.2. The number of hydrogen-bond donors (Lipinski definition) is 1. The number of halogens is 3. The van der Waals surface area contributed by atoms with E-state index in [4.69, 9.17) is 0 Å². The molecule has 0 saturated heterocycles. The standard InChI is InChI=1S/C15H20BrF2N/c1-19-14(10-11-3-2-4-13(16)9-11)12-5-7-15(17,18)8-6-12/h2-4,9,12,14,19H,5-8,10H2,1H3. The molecule has 0 aliphatic heterocycles. The number of benzene rings is 1. The fourth-order valence-corrected chi connectivity index (χ4v) is 3.33. The maximum atomic E-state index is 13.2. The molecule has 2 rings (SSSR count). The van der Waals surface area contributed by atoms with Gasteiger partial charge in [-0.15, -0.1) is 0 Å². The summed E-state index contributed by atoms with van der Waals surface area (Å²) in [5.74, 6) is -2.09. The van der Waals surface area contributed by atoms with Crippen molar-refractivity contribution in [3.63, 3.8) is 0 Å². The lowest BCUT2D eigenvalue weighted by Gasteiger charge is -2.33. The van der Waals surface area contributed by atoms with E-state index >= 15 is 0 Å². The highest BCUT2D eigenvalue weighted by molar-refractivity contribution is 9.10. The van der Waals surface area contributed by atoms with E-state index in [9.17, 15) is 8.78 Å². The topological polar surface area (TPSA) is 12.0 Å². The number of hydrogen-bond acceptors (Lipinski definition) is 1. The monoisotopic (exact) mass is 331 g/mol. The molecular weight excluding hydrogens is 312 g/mol. The average Bonchev–Trinajstić information content (AvgIpc) is 2.36. The van der Waals surface area contributed by atoms with Crippen molar-refractivity contribution in [1.82, 2.24) is 5.32 Å². The Labute approximate surface area is 121 Å². The fraction of sp³-hybridized carbons (Fsp3) is 0.600. The fourth-order valence-electron chi connectivity index (χ4n) is 2.89. The van der Waals surface area contributed by atoms with Crippen LogP contribution in [0.25, 0.3) is 0 Å². The summed E-state index contributed by atoms with van der Waals surface area (Å²) < 4.78 is 27.5. The van der Waals surface area contributed by atoms with Crippen LogP contribution in [0.4, 0.5) is 8.78 Å². The summed E-state index contributed by atoms with van der Waals surface area (Å²) in [5.41, 5.74) is 1.24. The van der Waals surface area contributed by atoms with Gasteiger partial charge in [0.2, 0.25) is 5.92 Å². The van der Waals surface area contributed by atoms with E-state index in [0.29, 0.717) is 18.8 Å². The predicted octanol–water partition coefficient (Wildman–Crippen LogP) is 4.41. The van der Waals surface area contributed by atoms with Crippen molar-refractivity contribution in [2.24, 2.45) is 5.92 Å². The third-order valence-electron chi connectivity index (χ3n) is 4.05. The van der Waals surface area contributed by atoms with Gasteiger partial charge in [-0.1, -0.05) is 28.1 Å². The zero-order valence-electron chi connectivity index (χ0n) is 11.1. The summed E-state index contributed by atoms with van der Waals surface area (Å²) in [6, 6.07) is 8.49. The molecule has 1 N–H and O–H groups in total. The molecule has 1 fully saturated rings. The van der Waals surface area contributed by atoms with Gasteiger partial charge in [0.25, 0.3) is 0 Å². The van der Waals surface area contributed by atoms with E-state index in [-0.39, 0.29) is 18.9 Å². The third-order valence-corrected chi connectivity index (χ3v) is 4.54. The molecule has 1 nitrogen and oxygen atoms in total. The van der Waals surface area contributed by atoms with Crippen LogP contribution in [0.2, 0.25) is 0 Å². The number of rotatable bonds is 4. The van der Waals surface area contributed by atoms with Crippen molar-refractivity contribution < 1.29 is 8.78 Å². The van der Waals surface area contributed by atoms with E-state index < -0.39 is 5.92 Å². The maximum Gasteiger partial charge on any atom is 0.248 e. The first-order valence-electron chi connectivity index (χ1n) is 6.80. The highest BCUT2D eigenvalue weighted by Gasteiger charge is 2.37. The summed E-state index contributed by atoms with van der Waals surface area (Å²) in [7, 11) is 1.93. The SMILES string of the molecule is CNC(Cc1cccc(Br)c1)C1CCC(F)(F)CC1. The normalized spacial score (nSPS) is 21.3. The Morgan fingerprint density at radius 3 is 2.63 bits per heavy atom. The quantitative estimate of drug-likeness (QED) is 0.861. The first-order chi connectivity index (χ1) is 9.00. The molecule has 1 atom stereocenters. The van der Waals surface area contributed by atoms with Gasteiger partial charge in [-0.05, 0) is 49.9 Å².